The molecule has 1 aromatic carbocycles. The maximum absolute atomic E-state index is 13.6. The van der Waals surface area contributed by atoms with Gasteiger partial charge in [0.05, 0.1) is 18.2 Å². The van der Waals surface area contributed by atoms with Gasteiger partial charge in [0.2, 0.25) is 18.2 Å². The van der Waals surface area contributed by atoms with Crippen LogP contribution in [0, 0.1) is 5.82 Å². The van der Waals surface area contributed by atoms with Gasteiger partial charge in [0.25, 0.3) is 5.91 Å². The molecule has 4 amide bonds. The van der Waals surface area contributed by atoms with E-state index in [1.54, 1.807) is 0 Å². The van der Waals surface area contributed by atoms with Gasteiger partial charge in [-0.2, -0.15) is 0 Å². The highest BCUT2D eigenvalue weighted by Gasteiger charge is 2.38. The number of alkyl halides is 2. The van der Waals surface area contributed by atoms with Crippen LogP contribution in [0.3, 0.4) is 0 Å². The molecule has 1 unspecified atom stereocenters. The topological polar surface area (TPSA) is 108 Å². The lowest BCUT2D eigenvalue weighted by molar-refractivity contribution is -0.122. The van der Waals surface area contributed by atoms with Crippen LogP contribution in [0.1, 0.15) is 27.8 Å². The molecule has 12 heteroatoms. The molecule has 2 aliphatic heterocycles. The SMILES string of the molecule is CNC(=O)c1nc(NC(=O)N2CC(C(F)F)c3cc(F)ccc32)c2n1CC(=O)NC2. The van der Waals surface area contributed by atoms with Crippen LogP contribution in [-0.2, 0) is 17.9 Å². The summed E-state index contributed by atoms with van der Waals surface area (Å²) in [5, 5.41) is 7.53. The molecular formula is C18H17F3N6O3. The second-order valence-corrected chi connectivity index (χ2v) is 6.86. The van der Waals surface area contributed by atoms with Gasteiger partial charge in [-0.25, -0.2) is 22.9 Å². The number of benzene rings is 1. The van der Waals surface area contributed by atoms with Crippen molar-refractivity contribution >= 4 is 29.4 Å². The number of imidazole rings is 1. The Morgan fingerprint density at radius 1 is 1.33 bits per heavy atom. The fraction of sp³-hybridized carbons (Fsp3) is 0.333. The highest BCUT2D eigenvalue weighted by Crippen LogP contribution is 2.40. The summed E-state index contributed by atoms with van der Waals surface area (Å²) >= 11 is 0. The molecule has 1 aromatic heterocycles. The number of hydrogen-bond acceptors (Lipinski definition) is 4. The molecule has 0 spiro atoms. The number of urea groups is 1. The molecule has 2 aromatic rings. The summed E-state index contributed by atoms with van der Waals surface area (Å²) in [4.78, 5) is 41.9. The van der Waals surface area contributed by atoms with Gasteiger partial charge >= 0.3 is 6.03 Å². The second-order valence-electron chi connectivity index (χ2n) is 6.86. The summed E-state index contributed by atoms with van der Waals surface area (Å²) < 4.78 is 41.8. The fourth-order valence-corrected chi connectivity index (χ4v) is 3.64. The maximum Gasteiger partial charge on any atom is 0.327 e. The summed E-state index contributed by atoms with van der Waals surface area (Å²) in [5.74, 6) is -2.90. The molecule has 1 atom stereocenters. The molecule has 0 saturated heterocycles. The Balaban J connectivity index is 1.65. The molecule has 0 radical (unpaired) electrons. The zero-order chi connectivity index (χ0) is 21.6. The molecule has 3 heterocycles. The summed E-state index contributed by atoms with van der Waals surface area (Å²) in [7, 11) is 1.40. The van der Waals surface area contributed by atoms with Crippen LogP contribution in [0.2, 0.25) is 0 Å². The van der Waals surface area contributed by atoms with Crippen LogP contribution in [0.25, 0.3) is 0 Å². The number of halogens is 3. The van der Waals surface area contributed by atoms with E-state index in [2.05, 4.69) is 20.9 Å². The molecule has 30 heavy (non-hydrogen) atoms. The van der Waals surface area contributed by atoms with Gasteiger partial charge < -0.3 is 15.2 Å². The molecule has 3 N–H and O–H groups in total. The van der Waals surface area contributed by atoms with E-state index in [-0.39, 0.29) is 48.4 Å². The number of fused-ring (bicyclic) bond motifs is 2. The first-order valence-electron chi connectivity index (χ1n) is 9.04. The van der Waals surface area contributed by atoms with E-state index in [9.17, 15) is 27.6 Å². The number of anilines is 2. The third-order valence-corrected chi connectivity index (χ3v) is 5.09. The summed E-state index contributed by atoms with van der Waals surface area (Å²) in [6.07, 6.45) is -2.78. The van der Waals surface area contributed by atoms with Crippen molar-refractivity contribution < 1.29 is 27.6 Å². The van der Waals surface area contributed by atoms with Gasteiger partial charge in [-0.05, 0) is 23.8 Å². The van der Waals surface area contributed by atoms with Gasteiger partial charge in [-0.3, -0.25) is 19.8 Å². The highest BCUT2D eigenvalue weighted by atomic mass is 19.3. The number of amides is 4. The minimum absolute atomic E-state index is 0.0277. The molecule has 0 fully saturated rings. The van der Waals surface area contributed by atoms with E-state index in [0.717, 1.165) is 17.0 Å². The predicted molar refractivity (Wildman–Crippen MR) is 99.0 cm³/mol. The first kappa shape index (κ1) is 19.7. The third-order valence-electron chi connectivity index (χ3n) is 5.09. The van der Waals surface area contributed by atoms with Crippen LogP contribution in [0.15, 0.2) is 18.2 Å². The van der Waals surface area contributed by atoms with Crippen molar-refractivity contribution in [2.75, 3.05) is 23.8 Å². The molecule has 9 nitrogen and oxygen atoms in total. The molecule has 2 aliphatic rings. The lowest BCUT2D eigenvalue weighted by atomic mass is 10.0. The van der Waals surface area contributed by atoms with Crippen molar-refractivity contribution in [3.8, 4) is 0 Å². The number of carbonyl (C=O) groups excluding carboxylic acids is 3. The van der Waals surface area contributed by atoms with E-state index < -0.39 is 30.1 Å². The van der Waals surface area contributed by atoms with E-state index in [4.69, 9.17) is 0 Å². The van der Waals surface area contributed by atoms with Crippen molar-refractivity contribution in [3.05, 3.63) is 41.1 Å². The number of rotatable bonds is 3. The minimum Gasteiger partial charge on any atom is -0.352 e. The quantitative estimate of drug-likeness (QED) is 0.695. The van der Waals surface area contributed by atoms with E-state index in [1.807, 2.05) is 0 Å². The predicted octanol–water partition coefficient (Wildman–Crippen LogP) is 1.41. The average Bonchev–Trinajstić information content (AvgIpc) is 3.25. The Kier molecular flexibility index (Phi) is 4.84. The molecule has 0 saturated carbocycles. The summed E-state index contributed by atoms with van der Waals surface area (Å²) in [6.45, 7) is -0.461. The van der Waals surface area contributed by atoms with Gasteiger partial charge in [0, 0.05) is 19.3 Å². The molecule has 0 aliphatic carbocycles. The van der Waals surface area contributed by atoms with Crippen molar-refractivity contribution in [2.45, 2.75) is 25.4 Å². The molecule has 0 bridgehead atoms. The van der Waals surface area contributed by atoms with Crippen LogP contribution in [-0.4, -0.2) is 47.4 Å². The number of carbonyl (C=O) groups is 3. The van der Waals surface area contributed by atoms with Crippen molar-refractivity contribution in [1.82, 2.24) is 20.2 Å². The van der Waals surface area contributed by atoms with Crippen LogP contribution < -0.4 is 20.9 Å². The van der Waals surface area contributed by atoms with Gasteiger partial charge in [-0.15, -0.1) is 0 Å². The van der Waals surface area contributed by atoms with E-state index in [0.29, 0.717) is 5.69 Å². The Morgan fingerprint density at radius 3 is 2.80 bits per heavy atom. The van der Waals surface area contributed by atoms with Gasteiger partial charge in [-0.1, -0.05) is 0 Å². The molecule has 4 rings (SSSR count). The van der Waals surface area contributed by atoms with Crippen LogP contribution in [0.5, 0.6) is 0 Å². The smallest absolute Gasteiger partial charge is 0.327 e. The third kappa shape index (κ3) is 3.23. The number of hydrogen-bond donors (Lipinski definition) is 3. The highest BCUT2D eigenvalue weighted by molar-refractivity contribution is 6.04. The first-order chi connectivity index (χ1) is 14.3. The zero-order valence-corrected chi connectivity index (χ0v) is 15.7. The van der Waals surface area contributed by atoms with Crippen LogP contribution in [0.4, 0.5) is 29.5 Å². The second kappa shape index (κ2) is 7.35. The molecular weight excluding hydrogens is 405 g/mol. The lowest BCUT2D eigenvalue weighted by Crippen LogP contribution is -2.37. The normalized spacial score (nSPS) is 17.4. The van der Waals surface area contributed by atoms with Crippen molar-refractivity contribution in [1.29, 1.82) is 0 Å². The first-order valence-corrected chi connectivity index (χ1v) is 9.04. The molecule has 158 valence electrons. The lowest BCUT2D eigenvalue weighted by Gasteiger charge is -2.20. The largest absolute Gasteiger partial charge is 0.352 e. The van der Waals surface area contributed by atoms with Crippen LogP contribution >= 0.6 is 0 Å². The maximum atomic E-state index is 13.6. The standard InChI is InChI=1S/C18H17F3N6O3/c1-22-17(29)16-24-15(12-5-23-13(28)7-26(12)16)25-18(30)27-6-10(14(20)21)9-4-8(19)2-3-11(9)27/h2-4,10,14H,5-7H2,1H3,(H,22,29)(H,23,28)(H,25,30). The van der Waals surface area contributed by atoms with Gasteiger partial charge in [0.15, 0.2) is 5.82 Å². The number of nitrogens with zero attached hydrogens (tertiary/aromatic N) is 3. The Bertz CT molecular complexity index is 1050. The Labute approximate surface area is 168 Å². The Hall–Kier alpha value is -3.57. The number of nitrogens with one attached hydrogen (secondary N) is 3. The monoisotopic (exact) mass is 422 g/mol. The van der Waals surface area contributed by atoms with E-state index >= 15 is 0 Å². The Morgan fingerprint density at radius 2 is 2.10 bits per heavy atom. The van der Waals surface area contributed by atoms with Crippen molar-refractivity contribution in [3.63, 3.8) is 0 Å². The zero-order valence-electron chi connectivity index (χ0n) is 15.7. The summed E-state index contributed by atoms with van der Waals surface area (Å²) in [5.41, 5.74) is 0.614. The van der Waals surface area contributed by atoms with E-state index in [1.165, 1.54) is 17.7 Å². The minimum atomic E-state index is -2.78. The van der Waals surface area contributed by atoms with Crippen molar-refractivity contribution in [2.24, 2.45) is 0 Å². The number of aromatic nitrogens is 2. The van der Waals surface area contributed by atoms with Gasteiger partial charge in [0.1, 0.15) is 12.4 Å². The fourth-order valence-electron chi connectivity index (χ4n) is 3.64. The average molecular weight is 422 g/mol. The summed E-state index contributed by atoms with van der Waals surface area (Å²) in [6, 6.07) is 2.60.